The van der Waals surface area contributed by atoms with Crippen molar-refractivity contribution in [3.8, 4) is 5.75 Å². The number of hydrogen-bond acceptors (Lipinski definition) is 5. The van der Waals surface area contributed by atoms with Gasteiger partial charge in [-0.3, -0.25) is 0 Å². The highest BCUT2D eigenvalue weighted by molar-refractivity contribution is 7.91. The van der Waals surface area contributed by atoms with E-state index >= 15 is 0 Å². The summed E-state index contributed by atoms with van der Waals surface area (Å²) in [6.07, 6.45) is 0.526. The monoisotopic (exact) mass is 375 g/mol. The molecule has 0 fully saturated rings. The minimum atomic E-state index is -3.99. The normalized spacial score (nSPS) is 12.4. The van der Waals surface area contributed by atoms with E-state index in [9.17, 15) is 16.8 Å². The summed E-state index contributed by atoms with van der Waals surface area (Å²) in [6, 6.07) is 2.43. The first-order valence-corrected chi connectivity index (χ1v) is 10.0. The zero-order valence-corrected chi connectivity index (χ0v) is 14.3. The van der Waals surface area contributed by atoms with Crippen LogP contribution in [-0.2, 0) is 19.9 Å². The zero-order valence-electron chi connectivity index (χ0n) is 11.2. The summed E-state index contributed by atoms with van der Waals surface area (Å²) in [5, 5.41) is 4.59. The van der Waals surface area contributed by atoms with E-state index in [4.69, 9.17) is 33.1 Å². The Balaban J connectivity index is 2.86. The van der Waals surface area contributed by atoms with Crippen molar-refractivity contribution in [2.24, 2.45) is 5.14 Å². The average molecular weight is 376 g/mol. The molecule has 0 heterocycles. The molecule has 0 atom stereocenters. The summed E-state index contributed by atoms with van der Waals surface area (Å²) in [5.74, 6) is 0.0155. The third-order valence-corrected chi connectivity index (χ3v) is 6.23. The Morgan fingerprint density at radius 3 is 2.24 bits per heavy atom. The molecule has 1 rings (SSSR count). The van der Waals surface area contributed by atoms with Gasteiger partial charge in [0.25, 0.3) is 0 Å². The molecular formula is C11H15Cl2NO5S2. The molecule has 0 radical (unpaired) electrons. The Bertz CT molecular complexity index is 716. The van der Waals surface area contributed by atoms with Crippen LogP contribution in [0, 0.1) is 0 Å². The van der Waals surface area contributed by atoms with Gasteiger partial charge in [-0.2, -0.15) is 0 Å². The van der Waals surface area contributed by atoms with Gasteiger partial charge in [0.05, 0.1) is 16.5 Å². The van der Waals surface area contributed by atoms with Gasteiger partial charge in [-0.05, 0) is 18.6 Å². The minimum absolute atomic E-state index is 0.0786. The summed E-state index contributed by atoms with van der Waals surface area (Å²) in [6.45, 7) is 1.66. The second-order valence-corrected chi connectivity index (χ2v) is 8.82. The van der Waals surface area contributed by atoms with Crippen LogP contribution >= 0.6 is 23.2 Å². The van der Waals surface area contributed by atoms with Gasteiger partial charge in [-0.15, -0.1) is 0 Å². The van der Waals surface area contributed by atoms with Crippen LogP contribution in [0.2, 0.25) is 10.0 Å². The van der Waals surface area contributed by atoms with Crippen LogP contribution in [0.1, 0.15) is 13.3 Å². The van der Waals surface area contributed by atoms with Gasteiger partial charge in [0.15, 0.2) is 9.84 Å². The van der Waals surface area contributed by atoms with E-state index in [2.05, 4.69) is 0 Å². The van der Waals surface area contributed by atoms with Crippen LogP contribution in [0.3, 0.4) is 0 Å². The summed E-state index contributed by atoms with van der Waals surface area (Å²) in [7, 11) is -7.16. The molecule has 0 unspecified atom stereocenters. The number of sulfonamides is 1. The van der Waals surface area contributed by atoms with E-state index in [1.54, 1.807) is 6.92 Å². The average Bonchev–Trinajstić information content (AvgIpc) is 2.32. The van der Waals surface area contributed by atoms with E-state index < -0.39 is 19.9 Å². The molecule has 0 bridgehead atoms. The third-order valence-electron chi connectivity index (χ3n) is 2.49. The lowest BCUT2D eigenvalue weighted by Crippen LogP contribution is -2.17. The highest BCUT2D eigenvalue weighted by atomic mass is 35.5. The molecule has 1 aromatic rings. The summed E-state index contributed by atoms with van der Waals surface area (Å²) in [4.78, 5) is -0.319. The molecule has 0 aliphatic rings. The SMILES string of the molecule is CCCS(=O)(=O)CCOc1ccc(S(N)(=O)=O)c(Cl)c1Cl. The number of rotatable bonds is 7. The number of ether oxygens (including phenoxy) is 1. The molecule has 0 saturated carbocycles. The minimum Gasteiger partial charge on any atom is -0.491 e. The summed E-state index contributed by atoms with van der Waals surface area (Å²) in [5.41, 5.74) is 0. The largest absolute Gasteiger partial charge is 0.491 e. The van der Waals surface area contributed by atoms with Crippen molar-refractivity contribution in [2.75, 3.05) is 18.1 Å². The van der Waals surface area contributed by atoms with Crippen molar-refractivity contribution in [2.45, 2.75) is 18.2 Å². The summed E-state index contributed by atoms with van der Waals surface area (Å²) < 4.78 is 50.8. The van der Waals surface area contributed by atoms with Crippen LogP contribution in [0.5, 0.6) is 5.75 Å². The maximum absolute atomic E-state index is 11.5. The smallest absolute Gasteiger partial charge is 0.239 e. The Kier molecular flexibility index (Phi) is 6.30. The Labute approximate surface area is 134 Å². The van der Waals surface area contributed by atoms with Crippen molar-refractivity contribution in [3.05, 3.63) is 22.2 Å². The standard InChI is InChI=1S/C11H15Cl2NO5S2/c1-2-6-20(15,16)7-5-19-8-3-4-9(21(14,17)18)11(13)10(8)12/h3-4H,2,5-7H2,1H3,(H2,14,17,18). The number of halogens is 2. The van der Waals surface area contributed by atoms with E-state index in [-0.39, 0.29) is 38.8 Å². The molecule has 120 valence electrons. The third kappa shape index (κ3) is 5.30. The fourth-order valence-corrected chi connectivity index (χ4v) is 4.06. The molecule has 0 aliphatic heterocycles. The van der Waals surface area contributed by atoms with Crippen LogP contribution in [0.4, 0.5) is 0 Å². The predicted octanol–water partition coefficient (Wildman–Crippen LogP) is 1.84. The number of benzene rings is 1. The maximum atomic E-state index is 11.5. The van der Waals surface area contributed by atoms with Crippen LogP contribution in [-0.4, -0.2) is 34.9 Å². The van der Waals surface area contributed by atoms with Gasteiger partial charge < -0.3 is 4.74 Å². The number of primary sulfonamides is 1. The predicted molar refractivity (Wildman–Crippen MR) is 82.3 cm³/mol. The first kappa shape index (κ1) is 18.5. The molecule has 0 amide bonds. The highest BCUT2D eigenvalue weighted by Crippen LogP contribution is 2.36. The van der Waals surface area contributed by atoms with Gasteiger partial charge in [-0.25, -0.2) is 22.0 Å². The fraction of sp³-hybridized carbons (Fsp3) is 0.455. The molecule has 0 spiro atoms. The molecule has 21 heavy (non-hydrogen) atoms. The molecular weight excluding hydrogens is 361 g/mol. The lowest BCUT2D eigenvalue weighted by Gasteiger charge is -2.11. The van der Waals surface area contributed by atoms with Crippen LogP contribution in [0.15, 0.2) is 17.0 Å². The van der Waals surface area contributed by atoms with Gasteiger partial charge in [0, 0.05) is 0 Å². The number of hydrogen-bond donors (Lipinski definition) is 1. The van der Waals surface area contributed by atoms with Gasteiger partial charge in [0.2, 0.25) is 10.0 Å². The van der Waals surface area contributed by atoms with Gasteiger partial charge in [-0.1, -0.05) is 30.1 Å². The van der Waals surface area contributed by atoms with Crippen molar-refractivity contribution in [3.63, 3.8) is 0 Å². The second-order valence-electron chi connectivity index (χ2n) is 4.24. The van der Waals surface area contributed by atoms with Crippen LogP contribution in [0.25, 0.3) is 0 Å². The van der Waals surface area contributed by atoms with Crippen molar-refractivity contribution in [1.82, 2.24) is 0 Å². The van der Waals surface area contributed by atoms with E-state index in [0.717, 1.165) is 6.07 Å². The second kappa shape index (κ2) is 7.15. The topological polar surface area (TPSA) is 104 Å². The van der Waals surface area contributed by atoms with Crippen molar-refractivity contribution in [1.29, 1.82) is 0 Å². The summed E-state index contributed by atoms with van der Waals surface area (Å²) >= 11 is 11.7. The van der Waals surface area contributed by atoms with Crippen LogP contribution < -0.4 is 9.88 Å². The quantitative estimate of drug-likeness (QED) is 0.782. The van der Waals surface area contributed by atoms with Gasteiger partial charge in [0.1, 0.15) is 22.3 Å². The van der Waals surface area contributed by atoms with Crippen molar-refractivity contribution >= 4 is 43.1 Å². The molecule has 1 aromatic carbocycles. The number of sulfone groups is 1. The Hall–Kier alpha value is -0.540. The first-order chi connectivity index (χ1) is 9.58. The Morgan fingerprint density at radius 1 is 1.10 bits per heavy atom. The lowest BCUT2D eigenvalue weighted by molar-refractivity contribution is 0.341. The molecule has 0 saturated heterocycles. The highest BCUT2D eigenvalue weighted by Gasteiger charge is 2.19. The van der Waals surface area contributed by atoms with E-state index in [1.807, 2.05) is 0 Å². The van der Waals surface area contributed by atoms with E-state index in [0.29, 0.717) is 6.42 Å². The fourth-order valence-electron chi connectivity index (χ4n) is 1.54. The van der Waals surface area contributed by atoms with Gasteiger partial charge >= 0.3 is 0 Å². The van der Waals surface area contributed by atoms with Crippen molar-refractivity contribution < 1.29 is 21.6 Å². The van der Waals surface area contributed by atoms with E-state index in [1.165, 1.54) is 6.07 Å². The first-order valence-electron chi connectivity index (χ1n) is 5.92. The molecule has 2 N–H and O–H groups in total. The molecule has 6 nitrogen and oxygen atoms in total. The Morgan fingerprint density at radius 2 is 1.71 bits per heavy atom. The molecule has 10 heteroatoms. The lowest BCUT2D eigenvalue weighted by atomic mass is 10.3. The zero-order chi connectivity index (χ0) is 16.3. The maximum Gasteiger partial charge on any atom is 0.239 e. The molecule has 0 aliphatic carbocycles. The number of nitrogens with two attached hydrogens (primary N) is 1. The molecule has 0 aromatic heterocycles.